The Morgan fingerprint density at radius 2 is 1.73 bits per heavy atom. The van der Waals surface area contributed by atoms with Gasteiger partial charge in [0.1, 0.15) is 5.69 Å². The van der Waals surface area contributed by atoms with Crippen molar-refractivity contribution in [3.8, 4) is 0 Å². The monoisotopic (exact) mass is 232 g/mol. The summed E-state index contributed by atoms with van der Waals surface area (Å²) >= 11 is 0. The Balaban J connectivity index is 3.37. The number of carbonyl (C=O) groups excluding carboxylic acids is 1. The van der Waals surface area contributed by atoms with Crippen LogP contribution < -0.4 is 0 Å². The number of aldehydes is 1. The van der Waals surface area contributed by atoms with E-state index < -0.39 is 28.5 Å². The number of aromatic nitrogens is 2. The molecule has 0 aromatic carbocycles. The smallest absolute Gasteiger partial charge is 0.296 e. The molecule has 15 heavy (non-hydrogen) atoms. The predicted molar refractivity (Wildman–Crippen MR) is 33.9 cm³/mol. The minimum absolute atomic E-state index is 0.0283. The minimum Gasteiger partial charge on any atom is -0.296 e. The topological polar surface area (TPSA) is 34.9 Å². The van der Waals surface area contributed by atoms with Gasteiger partial charge in [-0.3, -0.25) is 4.79 Å². The highest BCUT2D eigenvalue weighted by atomic mass is 19.4. The standard InChI is InChI=1S/C6H2F6N2O/c7-5(8,9)4-1-3(2-15)13-14(4)6(10,11)12/h1-2H. The first-order valence-corrected chi connectivity index (χ1v) is 3.36. The van der Waals surface area contributed by atoms with Crippen LogP contribution in [-0.4, -0.2) is 16.1 Å². The van der Waals surface area contributed by atoms with E-state index in [-0.39, 0.29) is 12.4 Å². The predicted octanol–water partition coefficient (Wildman–Crippen LogP) is 2.19. The Bertz CT molecular complexity index is 344. The average molecular weight is 232 g/mol. The molecule has 0 N–H and O–H groups in total. The number of rotatable bonds is 1. The van der Waals surface area contributed by atoms with Crippen molar-refractivity contribution in [1.29, 1.82) is 0 Å². The molecule has 1 aromatic rings. The summed E-state index contributed by atoms with van der Waals surface area (Å²) in [5.74, 6) is 0. The van der Waals surface area contributed by atoms with E-state index >= 15 is 0 Å². The molecular formula is C6H2F6N2O. The van der Waals surface area contributed by atoms with Crippen molar-refractivity contribution >= 4 is 6.29 Å². The molecule has 0 aliphatic heterocycles. The van der Waals surface area contributed by atoms with E-state index in [4.69, 9.17) is 0 Å². The van der Waals surface area contributed by atoms with Gasteiger partial charge in [-0.05, 0) is 6.07 Å². The summed E-state index contributed by atoms with van der Waals surface area (Å²) in [4.78, 5) is 10.0. The lowest BCUT2D eigenvalue weighted by Crippen LogP contribution is -2.25. The number of hydrogen-bond donors (Lipinski definition) is 0. The van der Waals surface area contributed by atoms with Gasteiger partial charge < -0.3 is 0 Å². The van der Waals surface area contributed by atoms with Gasteiger partial charge in [0.2, 0.25) is 0 Å². The van der Waals surface area contributed by atoms with E-state index in [1.165, 1.54) is 0 Å². The molecule has 0 spiro atoms. The average Bonchev–Trinajstić information content (AvgIpc) is 2.44. The zero-order valence-electron chi connectivity index (χ0n) is 6.73. The summed E-state index contributed by atoms with van der Waals surface area (Å²) in [5, 5.41) is 2.47. The van der Waals surface area contributed by atoms with Gasteiger partial charge in [-0.1, -0.05) is 0 Å². The maximum atomic E-state index is 12.1. The molecule has 9 heteroatoms. The van der Waals surface area contributed by atoms with Crippen LogP contribution >= 0.6 is 0 Å². The second-order valence-corrected chi connectivity index (χ2v) is 2.45. The van der Waals surface area contributed by atoms with Crippen molar-refractivity contribution in [1.82, 2.24) is 9.78 Å². The van der Waals surface area contributed by atoms with Crippen LogP contribution in [0.5, 0.6) is 0 Å². The van der Waals surface area contributed by atoms with Crippen molar-refractivity contribution in [3.05, 3.63) is 17.5 Å². The van der Waals surface area contributed by atoms with Crippen LogP contribution in [0.1, 0.15) is 16.2 Å². The summed E-state index contributed by atoms with van der Waals surface area (Å²) in [5.41, 5.74) is -2.96. The molecule has 84 valence electrons. The van der Waals surface area contributed by atoms with Crippen LogP contribution in [0.4, 0.5) is 26.3 Å². The number of halogens is 6. The van der Waals surface area contributed by atoms with E-state index in [0.29, 0.717) is 0 Å². The fourth-order valence-corrected chi connectivity index (χ4v) is 0.852. The molecule has 1 rings (SSSR count). The van der Waals surface area contributed by atoms with Crippen molar-refractivity contribution in [2.24, 2.45) is 0 Å². The molecule has 0 saturated heterocycles. The summed E-state index contributed by atoms with van der Waals surface area (Å²) in [6.07, 6.45) is -10.7. The van der Waals surface area contributed by atoms with Crippen molar-refractivity contribution in [2.45, 2.75) is 12.5 Å². The summed E-state index contributed by atoms with van der Waals surface area (Å²) < 4.78 is 71.0. The molecule has 1 aromatic heterocycles. The second kappa shape index (κ2) is 3.24. The highest BCUT2D eigenvalue weighted by Crippen LogP contribution is 2.34. The third-order valence-electron chi connectivity index (χ3n) is 1.38. The first-order valence-electron chi connectivity index (χ1n) is 3.36. The lowest BCUT2D eigenvalue weighted by atomic mass is 10.3. The Kier molecular flexibility index (Phi) is 2.49. The molecule has 0 bridgehead atoms. The lowest BCUT2D eigenvalue weighted by molar-refractivity contribution is -0.229. The van der Waals surface area contributed by atoms with Crippen LogP contribution in [-0.2, 0) is 12.5 Å². The SMILES string of the molecule is O=Cc1cc(C(F)(F)F)n(C(F)(F)F)n1. The summed E-state index contributed by atoms with van der Waals surface area (Å²) in [6.45, 7) is 0. The fourth-order valence-electron chi connectivity index (χ4n) is 0.852. The van der Waals surface area contributed by atoms with Crippen LogP contribution in [0.2, 0.25) is 0 Å². The molecule has 0 atom stereocenters. The molecule has 3 nitrogen and oxygen atoms in total. The van der Waals surface area contributed by atoms with Gasteiger partial charge in [0.25, 0.3) is 0 Å². The maximum Gasteiger partial charge on any atom is 0.505 e. The van der Waals surface area contributed by atoms with Crippen molar-refractivity contribution in [3.63, 3.8) is 0 Å². The van der Waals surface area contributed by atoms with E-state index in [0.717, 1.165) is 0 Å². The highest BCUT2D eigenvalue weighted by molar-refractivity contribution is 5.71. The van der Waals surface area contributed by atoms with Crippen LogP contribution in [0.25, 0.3) is 0 Å². The van der Waals surface area contributed by atoms with E-state index in [1.54, 1.807) is 0 Å². The van der Waals surface area contributed by atoms with E-state index in [9.17, 15) is 31.1 Å². The molecule has 0 aliphatic carbocycles. The number of hydrogen-bond acceptors (Lipinski definition) is 2. The molecule has 0 unspecified atom stereocenters. The number of carbonyl (C=O) groups is 1. The Hall–Kier alpha value is -1.54. The molecule has 1 heterocycles. The first-order chi connectivity index (χ1) is 6.66. The third-order valence-corrected chi connectivity index (χ3v) is 1.38. The van der Waals surface area contributed by atoms with Crippen LogP contribution in [0.15, 0.2) is 6.07 Å². The zero-order chi connectivity index (χ0) is 11.9. The first kappa shape index (κ1) is 11.5. The summed E-state index contributed by atoms with van der Waals surface area (Å²) in [7, 11) is 0. The van der Waals surface area contributed by atoms with Gasteiger partial charge in [-0.25, -0.2) is 0 Å². The Labute approximate surface area is 78.3 Å². The molecular weight excluding hydrogens is 230 g/mol. The quantitative estimate of drug-likeness (QED) is 0.549. The molecule has 0 radical (unpaired) electrons. The van der Waals surface area contributed by atoms with Gasteiger partial charge in [-0.2, -0.15) is 23.0 Å². The number of nitrogens with zero attached hydrogens (tertiary/aromatic N) is 2. The fraction of sp³-hybridized carbons (Fsp3) is 0.333. The van der Waals surface area contributed by atoms with Gasteiger partial charge in [0, 0.05) is 0 Å². The third kappa shape index (κ3) is 2.28. The molecule has 0 saturated carbocycles. The highest BCUT2D eigenvalue weighted by Gasteiger charge is 2.44. The zero-order valence-corrected chi connectivity index (χ0v) is 6.73. The van der Waals surface area contributed by atoms with Crippen LogP contribution in [0, 0.1) is 0 Å². The Morgan fingerprint density at radius 3 is 2.00 bits per heavy atom. The molecule has 0 aliphatic rings. The van der Waals surface area contributed by atoms with Gasteiger partial charge in [0.05, 0.1) is 0 Å². The number of alkyl halides is 6. The Morgan fingerprint density at radius 1 is 1.20 bits per heavy atom. The van der Waals surface area contributed by atoms with E-state index in [2.05, 4.69) is 5.10 Å². The van der Waals surface area contributed by atoms with E-state index in [1.807, 2.05) is 0 Å². The van der Waals surface area contributed by atoms with Crippen LogP contribution in [0.3, 0.4) is 0 Å². The molecule has 0 amide bonds. The minimum atomic E-state index is -5.31. The van der Waals surface area contributed by atoms with Gasteiger partial charge in [0.15, 0.2) is 12.0 Å². The largest absolute Gasteiger partial charge is 0.505 e. The molecule has 0 fully saturated rings. The lowest BCUT2D eigenvalue weighted by Gasteiger charge is -2.11. The normalized spacial score (nSPS) is 12.9. The second-order valence-electron chi connectivity index (χ2n) is 2.45. The summed E-state index contributed by atoms with van der Waals surface area (Å²) in [6, 6.07) is 0.0283. The maximum absolute atomic E-state index is 12.1. The van der Waals surface area contributed by atoms with Crippen molar-refractivity contribution in [2.75, 3.05) is 0 Å². The van der Waals surface area contributed by atoms with Gasteiger partial charge in [-0.15, -0.1) is 13.2 Å². The van der Waals surface area contributed by atoms with Crippen molar-refractivity contribution < 1.29 is 31.1 Å². The van der Waals surface area contributed by atoms with Gasteiger partial charge >= 0.3 is 12.5 Å².